The van der Waals surface area contributed by atoms with Gasteiger partial charge in [0.05, 0.1) is 24.6 Å². The van der Waals surface area contributed by atoms with Crippen LogP contribution >= 0.6 is 0 Å². The Balaban J connectivity index is 2.29. The molecule has 26 heavy (non-hydrogen) atoms. The quantitative estimate of drug-likeness (QED) is 0.840. The van der Waals surface area contributed by atoms with Crippen LogP contribution in [0.1, 0.15) is 25.0 Å². The van der Waals surface area contributed by atoms with E-state index in [1.54, 1.807) is 24.5 Å². The van der Waals surface area contributed by atoms with Crippen LogP contribution < -0.4 is 0 Å². The van der Waals surface area contributed by atoms with Crippen LogP contribution in [0, 0.1) is 23.7 Å². The highest BCUT2D eigenvalue weighted by Gasteiger charge is 2.02. The molecule has 0 amide bonds. The van der Waals surface area contributed by atoms with E-state index < -0.39 is 0 Å². The molecule has 0 aliphatic carbocycles. The Morgan fingerprint density at radius 3 is 1.65 bits per heavy atom. The Morgan fingerprint density at radius 2 is 1.27 bits per heavy atom. The Morgan fingerprint density at radius 1 is 0.846 bits per heavy atom. The summed E-state index contributed by atoms with van der Waals surface area (Å²) >= 11 is 0. The minimum absolute atomic E-state index is 0.0210. The van der Waals surface area contributed by atoms with Crippen LogP contribution in [-0.4, -0.2) is 33.4 Å². The smallest absolute Gasteiger partial charge is 0.0898 e. The normalized spacial score (nSPS) is 11.2. The third kappa shape index (κ3) is 6.03. The fourth-order valence-corrected chi connectivity index (χ4v) is 2.01. The van der Waals surface area contributed by atoms with Crippen molar-refractivity contribution in [2.24, 2.45) is 0 Å². The average molecular weight is 344 g/mol. The van der Waals surface area contributed by atoms with Gasteiger partial charge in [0.2, 0.25) is 0 Å². The lowest BCUT2D eigenvalue weighted by Crippen LogP contribution is -1.89. The van der Waals surface area contributed by atoms with Gasteiger partial charge in [-0.3, -0.25) is 9.97 Å². The van der Waals surface area contributed by atoms with Crippen molar-refractivity contribution in [3.8, 4) is 35.1 Å². The number of rotatable bonds is 3. The molecule has 0 spiro atoms. The lowest BCUT2D eigenvalue weighted by Gasteiger charge is -2.01. The van der Waals surface area contributed by atoms with E-state index >= 15 is 0 Å². The Hall–Kier alpha value is -3.18. The molecule has 0 unspecified atom stereocenters. The summed E-state index contributed by atoms with van der Waals surface area (Å²) in [6, 6.07) is 7.40. The maximum absolute atomic E-state index is 8.87. The molecule has 0 atom stereocenters. The second-order valence-electron chi connectivity index (χ2n) is 5.50. The molecule has 0 radical (unpaired) electrons. The predicted octanol–water partition coefficient (Wildman–Crippen LogP) is 2.72. The summed E-state index contributed by atoms with van der Waals surface area (Å²) in [7, 11) is 0. The van der Waals surface area contributed by atoms with Crippen molar-refractivity contribution in [2.75, 3.05) is 13.2 Å². The number of aliphatic hydroxyl groups is 2. The van der Waals surface area contributed by atoms with Crippen molar-refractivity contribution >= 4 is 0 Å². The number of pyridine rings is 2. The summed E-state index contributed by atoms with van der Waals surface area (Å²) in [5, 5.41) is 17.7. The Labute approximate surface area is 154 Å². The molecule has 0 saturated carbocycles. The first-order valence-corrected chi connectivity index (χ1v) is 8.14. The van der Waals surface area contributed by atoms with Gasteiger partial charge in [-0.1, -0.05) is 23.7 Å². The lowest BCUT2D eigenvalue weighted by molar-refractivity contribution is 0.342. The molecule has 0 saturated heterocycles. The number of allylic oxidation sites excluding steroid dienone is 2. The van der Waals surface area contributed by atoms with Crippen LogP contribution in [0.25, 0.3) is 11.4 Å². The van der Waals surface area contributed by atoms with E-state index in [4.69, 9.17) is 10.2 Å². The molecule has 0 aliphatic heterocycles. The highest BCUT2D eigenvalue weighted by atomic mass is 16.3. The van der Waals surface area contributed by atoms with Gasteiger partial charge >= 0.3 is 0 Å². The first kappa shape index (κ1) is 19.1. The molecule has 2 rings (SSSR count). The summed E-state index contributed by atoms with van der Waals surface area (Å²) in [5.41, 5.74) is 4.69. The highest BCUT2D eigenvalue weighted by Crippen LogP contribution is 2.16. The van der Waals surface area contributed by atoms with Crippen molar-refractivity contribution in [3.05, 3.63) is 71.1 Å². The van der Waals surface area contributed by atoms with E-state index in [2.05, 4.69) is 33.6 Å². The average Bonchev–Trinajstić information content (AvgIpc) is 2.66. The number of aromatic nitrogens is 2. The van der Waals surface area contributed by atoms with Gasteiger partial charge in [-0.25, -0.2) is 0 Å². The Kier molecular flexibility index (Phi) is 7.33. The van der Waals surface area contributed by atoms with E-state index in [0.717, 1.165) is 22.3 Å². The fourth-order valence-electron chi connectivity index (χ4n) is 2.01. The third-order valence-electron chi connectivity index (χ3n) is 3.39. The molecular weight excluding hydrogens is 324 g/mol. The van der Waals surface area contributed by atoms with E-state index in [1.807, 2.05) is 38.1 Å². The summed E-state index contributed by atoms with van der Waals surface area (Å²) in [4.78, 5) is 8.72. The van der Waals surface area contributed by atoms with Crippen LogP contribution in [0.15, 0.2) is 60.0 Å². The molecule has 0 bridgehead atoms. The van der Waals surface area contributed by atoms with E-state index in [-0.39, 0.29) is 13.2 Å². The zero-order chi connectivity index (χ0) is 18.8. The van der Waals surface area contributed by atoms with E-state index in [0.29, 0.717) is 11.4 Å². The predicted molar refractivity (Wildman–Crippen MR) is 103 cm³/mol. The SMILES string of the molecule is C/C(C#Cc1ccnc(-c2cc(C#C/C(C)=C/CO)ccn2)c1)=C\CO. The van der Waals surface area contributed by atoms with Gasteiger partial charge in [0.1, 0.15) is 0 Å². The van der Waals surface area contributed by atoms with Crippen LogP contribution in [0.5, 0.6) is 0 Å². The Bertz CT molecular complexity index is 872. The van der Waals surface area contributed by atoms with Crippen molar-refractivity contribution in [1.82, 2.24) is 9.97 Å². The van der Waals surface area contributed by atoms with Gasteiger partial charge in [0.15, 0.2) is 0 Å². The number of nitrogens with zero attached hydrogens (tertiary/aromatic N) is 2. The van der Waals surface area contributed by atoms with Crippen molar-refractivity contribution in [3.63, 3.8) is 0 Å². The van der Waals surface area contributed by atoms with E-state index in [9.17, 15) is 0 Å². The molecule has 130 valence electrons. The lowest BCUT2D eigenvalue weighted by atomic mass is 10.1. The van der Waals surface area contributed by atoms with Crippen LogP contribution in [0.4, 0.5) is 0 Å². The first-order valence-electron chi connectivity index (χ1n) is 8.14. The highest BCUT2D eigenvalue weighted by molar-refractivity contribution is 5.59. The van der Waals surface area contributed by atoms with Gasteiger partial charge in [-0.2, -0.15) is 0 Å². The fraction of sp³-hybridized carbons (Fsp3) is 0.182. The minimum Gasteiger partial charge on any atom is -0.392 e. The molecule has 2 aromatic heterocycles. The van der Waals surface area contributed by atoms with Gasteiger partial charge in [-0.15, -0.1) is 0 Å². The molecule has 4 nitrogen and oxygen atoms in total. The zero-order valence-corrected chi connectivity index (χ0v) is 14.8. The number of hydrogen-bond acceptors (Lipinski definition) is 4. The maximum Gasteiger partial charge on any atom is 0.0898 e. The van der Waals surface area contributed by atoms with E-state index in [1.165, 1.54) is 0 Å². The minimum atomic E-state index is -0.0210. The van der Waals surface area contributed by atoms with Crippen LogP contribution in [0.3, 0.4) is 0 Å². The van der Waals surface area contributed by atoms with Crippen LogP contribution in [-0.2, 0) is 0 Å². The second kappa shape index (κ2) is 9.96. The second-order valence-corrected chi connectivity index (χ2v) is 5.50. The van der Waals surface area contributed by atoms with Gasteiger partial charge in [0.25, 0.3) is 0 Å². The van der Waals surface area contributed by atoms with Crippen molar-refractivity contribution in [1.29, 1.82) is 0 Å². The van der Waals surface area contributed by atoms with Gasteiger partial charge in [-0.05, 0) is 61.4 Å². The van der Waals surface area contributed by atoms with Crippen molar-refractivity contribution in [2.45, 2.75) is 13.8 Å². The summed E-state index contributed by atoms with van der Waals surface area (Å²) in [5.74, 6) is 12.1. The molecule has 4 heteroatoms. The molecule has 0 fully saturated rings. The summed E-state index contributed by atoms with van der Waals surface area (Å²) in [6.07, 6.45) is 6.70. The summed E-state index contributed by atoms with van der Waals surface area (Å²) in [6.45, 7) is 3.66. The standard InChI is InChI=1S/C22H20N2O2/c1-17(9-13-25)3-5-19-7-11-23-21(15-19)22-16-20(8-12-24-22)6-4-18(2)10-14-26/h7-12,15-16,25-26H,13-14H2,1-2H3/b17-9+,18-10+. The van der Waals surface area contributed by atoms with Gasteiger partial charge < -0.3 is 10.2 Å². The molecule has 0 aromatic carbocycles. The van der Waals surface area contributed by atoms with Gasteiger partial charge in [0, 0.05) is 23.5 Å². The topological polar surface area (TPSA) is 66.2 Å². The van der Waals surface area contributed by atoms with Crippen molar-refractivity contribution < 1.29 is 10.2 Å². The molecule has 2 heterocycles. The monoisotopic (exact) mass is 344 g/mol. The summed E-state index contributed by atoms with van der Waals surface area (Å²) < 4.78 is 0. The third-order valence-corrected chi connectivity index (χ3v) is 3.39. The molecule has 2 N–H and O–H groups in total. The first-order chi connectivity index (χ1) is 12.6. The van der Waals surface area contributed by atoms with Crippen LogP contribution in [0.2, 0.25) is 0 Å². The zero-order valence-electron chi connectivity index (χ0n) is 14.8. The molecular formula is C22H20N2O2. The number of hydrogen-bond donors (Lipinski definition) is 2. The molecule has 2 aromatic rings. The number of aliphatic hydroxyl groups excluding tert-OH is 2. The maximum atomic E-state index is 8.87. The molecule has 0 aliphatic rings. The largest absolute Gasteiger partial charge is 0.392 e.